The van der Waals surface area contributed by atoms with Gasteiger partial charge in [0.05, 0.1) is 22.7 Å². The van der Waals surface area contributed by atoms with Crippen LogP contribution in [0.1, 0.15) is 34.1 Å². The molecule has 2 heterocycles. The van der Waals surface area contributed by atoms with Crippen LogP contribution < -0.4 is 11.1 Å². The summed E-state index contributed by atoms with van der Waals surface area (Å²) in [6.45, 7) is 0.527. The van der Waals surface area contributed by atoms with Crippen molar-refractivity contribution in [1.29, 1.82) is 0 Å². The first-order valence-corrected chi connectivity index (χ1v) is 7.40. The number of fused-ring (bicyclic) bond motifs is 1. The lowest BCUT2D eigenvalue weighted by Crippen LogP contribution is -2.24. The second-order valence-corrected chi connectivity index (χ2v) is 5.75. The summed E-state index contributed by atoms with van der Waals surface area (Å²) in [5.74, 6) is -0.644. The zero-order valence-electron chi connectivity index (χ0n) is 12.1. The SMILES string of the molecule is CNC(=O)c1ncn2c1CCC(c1c(F)ccc(N)c1Cl)C2. The fourth-order valence-electron chi connectivity index (χ4n) is 2.97. The lowest BCUT2D eigenvalue weighted by atomic mass is 9.89. The minimum absolute atomic E-state index is 0.0877. The summed E-state index contributed by atoms with van der Waals surface area (Å²) in [4.78, 5) is 15.9. The van der Waals surface area contributed by atoms with Crippen LogP contribution in [0.4, 0.5) is 10.1 Å². The number of amides is 1. The van der Waals surface area contributed by atoms with Crippen molar-refractivity contribution in [1.82, 2.24) is 14.9 Å². The molecular formula is C15H16ClFN4O. The predicted octanol–water partition coefficient (Wildman–Crippen LogP) is 2.35. The second-order valence-electron chi connectivity index (χ2n) is 5.37. The van der Waals surface area contributed by atoms with Crippen LogP contribution in [0.3, 0.4) is 0 Å². The average Bonchev–Trinajstić information content (AvgIpc) is 2.94. The summed E-state index contributed by atoms with van der Waals surface area (Å²) in [6.07, 6.45) is 2.94. The van der Waals surface area contributed by atoms with Crippen LogP contribution in [-0.2, 0) is 13.0 Å². The molecule has 0 aliphatic carbocycles. The van der Waals surface area contributed by atoms with Crippen LogP contribution in [0.25, 0.3) is 0 Å². The van der Waals surface area contributed by atoms with Gasteiger partial charge in [-0.05, 0) is 25.0 Å². The fourth-order valence-corrected chi connectivity index (χ4v) is 3.28. The lowest BCUT2D eigenvalue weighted by Gasteiger charge is -2.26. The Morgan fingerprint density at radius 3 is 3.05 bits per heavy atom. The molecule has 1 unspecified atom stereocenters. The van der Waals surface area contributed by atoms with E-state index in [9.17, 15) is 9.18 Å². The number of carbonyl (C=O) groups is 1. The molecule has 22 heavy (non-hydrogen) atoms. The maximum absolute atomic E-state index is 14.1. The van der Waals surface area contributed by atoms with E-state index in [1.165, 1.54) is 12.1 Å². The summed E-state index contributed by atoms with van der Waals surface area (Å²) >= 11 is 6.18. The Bertz CT molecular complexity index is 743. The molecule has 0 saturated heterocycles. The average molecular weight is 323 g/mol. The first-order chi connectivity index (χ1) is 10.5. The van der Waals surface area contributed by atoms with Gasteiger partial charge in [-0.1, -0.05) is 11.6 Å². The van der Waals surface area contributed by atoms with E-state index in [0.29, 0.717) is 36.3 Å². The van der Waals surface area contributed by atoms with Crippen molar-refractivity contribution in [3.8, 4) is 0 Å². The zero-order valence-corrected chi connectivity index (χ0v) is 12.8. The van der Waals surface area contributed by atoms with Crippen molar-refractivity contribution >= 4 is 23.2 Å². The molecule has 3 N–H and O–H groups in total. The number of anilines is 1. The van der Waals surface area contributed by atoms with Crippen molar-refractivity contribution in [2.24, 2.45) is 0 Å². The maximum atomic E-state index is 14.1. The minimum Gasteiger partial charge on any atom is -0.398 e. The van der Waals surface area contributed by atoms with Gasteiger partial charge in [0, 0.05) is 25.1 Å². The summed E-state index contributed by atoms with van der Waals surface area (Å²) < 4.78 is 16.0. The third kappa shape index (κ3) is 2.33. The van der Waals surface area contributed by atoms with E-state index in [1.54, 1.807) is 13.4 Å². The molecule has 2 aromatic rings. The number of aromatic nitrogens is 2. The first-order valence-electron chi connectivity index (χ1n) is 7.02. The molecule has 0 fully saturated rings. The van der Waals surface area contributed by atoms with Gasteiger partial charge in [-0.25, -0.2) is 9.37 Å². The van der Waals surface area contributed by atoms with Gasteiger partial charge in [-0.15, -0.1) is 0 Å². The van der Waals surface area contributed by atoms with Crippen molar-refractivity contribution in [3.05, 3.63) is 46.3 Å². The largest absolute Gasteiger partial charge is 0.398 e. The molecule has 116 valence electrons. The first kappa shape index (κ1) is 14.8. The lowest BCUT2D eigenvalue weighted by molar-refractivity contribution is 0.0957. The van der Waals surface area contributed by atoms with E-state index < -0.39 is 0 Å². The molecule has 7 heteroatoms. The second kappa shape index (κ2) is 5.61. The Kier molecular flexibility index (Phi) is 3.78. The van der Waals surface area contributed by atoms with Crippen LogP contribution in [0.15, 0.2) is 18.5 Å². The number of halogens is 2. The summed E-state index contributed by atoms with van der Waals surface area (Å²) in [5, 5.41) is 2.85. The molecule has 1 amide bonds. The van der Waals surface area contributed by atoms with Gasteiger partial charge in [0.1, 0.15) is 11.5 Å². The van der Waals surface area contributed by atoms with E-state index in [4.69, 9.17) is 17.3 Å². The van der Waals surface area contributed by atoms with E-state index >= 15 is 0 Å². The Morgan fingerprint density at radius 1 is 1.55 bits per heavy atom. The molecule has 1 atom stereocenters. The molecule has 5 nitrogen and oxygen atoms in total. The van der Waals surface area contributed by atoms with Gasteiger partial charge >= 0.3 is 0 Å². The normalized spacial score (nSPS) is 17.1. The summed E-state index contributed by atoms with van der Waals surface area (Å²) in [7, 11) is 1.57. The van der Waals surface area contributed by atoms with E-state index in [0.717, 1.165) is 5.69 Å². The van der Waals surface area contributed by atoms with Crippen molar-refractivity contribution in [3.63, 3.8) is 0 Å². The van der Waals surface area contributed by atoms with E-state index in [1.807, 2.05) is 4.57 Å². The van der Waals surface area contributed by atoms with Gasteiger partial charge in [0.25, 0.3) is 5.91 Å². The topological polar surface area (TPSA) is 72.9 Å². The number of rotatable bonds is 2. The number of nitrogens with one attached hydrogen (secondary N) is 1. The standard InChI is InChI=1S/C15H16ClFN4O/c1-19-15(22)14-11-5-2-8(6-21(11)7-20-14)12-9(17)3-4-10(18)13(12)16/h3-4,7-8H,2,5-6,18H2,1H3,(H,19,22). The Morgan fingerprint density at radius 2 is 2.32 bits per heavy atom. The Labute approximate surface area is 132 Å². The Hall–Kier alpha value is -2.08. The molecule has 1 aliphatic heterocycles. The van der Waals surface area contributed by atoms with Gasteiger partial charge in [0.2, 0.25) is 0 Å². The van der Waals surface area contributed by atoms with Crippen LogP contribution in [-0.4, -0.2) is 22.5 Å². The van der Waals surface area contributed by atoms with E-state index in [-0.39, 0.29) is 22.7 Å². The highest BCUT2D eigenvalue weighted by Crippen LogP contribution is 2.37. The van der Waals surface area contributed by atoms with Crippen LogP contribution >= 0.6 is 11.6 Å². The minimum atomic E-state index is -0.348. The van der Waals surface area contributed by atoms with Crippen LogP contribution in [0.5, 0.6) is 0 Å². The fraction of sp³-hybridized carbons (Fsp3) is 0.333. The third-order valence-electron chi connectivity index (χ3n) is 4.10. The van der Waals surface area contributed by atoms with Crippen LogP contribution in [0, 0.1) is 5.82 Å². The molecule has 3 rings (SSSR count). The quantitative estimate of drug-likeness (QED) is 0.834. The van der Waals surface area contributed by atoms with Crippen LogP contribution in [0.2, 0.25) is 5.02 Å². The highest BCUT2D eigenvalue weighted by molar-refractivity contribution is 6.33. The number of nitrogen functional groups attached to an aromatic ring is 1. The van der Waals surface area contributed by atoms with Crippen molar-refractivity contribution in [2.75, 3.05) is 12.8 Å². The zero-order chi connectivity index (χ0) is 15.9. The monoisotopic (exact) mass is 322 g/mol. The molecule has 0 saturated carbocycles. The molecule has 1 aromatic carbocycles. The molecule has 0 spiro atoms. The molecule has 1 aliphatic rings. The number of hydrogen-bond acceptors (Lipinski definition) is 3. The number of hydrogen-bond donors (Lipinski definition) is 2. The highest BCUT2D eigenvalue weighted by Gasteiger charge is 2.28. The van der Waals surface area contributed by atoms with E-state index in [2.05, 4.69) is 10.3 Å². The molecule has 1 aromatic heterocycles. The predicted molar refractivity (Wildman–Crippen MR) is 82.5 cm³/mol. The highest BCUT2D eigenvalue weighted by atomic mass is 35.5. The molecule has 0 radical (unpaired) electrons. The summed E-state index contributed by atoms with van der Waals surface area (Å²) in [5.41, 5.74) is 7.91. The molecule has 0 bridgehead atoms. The maximum Gasteiger partial charge on any atom is 0.271 e. The number of benzene rings is 1. The smallest absolute Gasteiger partial charge is 0.271 e. The summed E-state index contributed by atoms with van der Waals surface area (Å²) in [6, 6.07) is 2.81. The van der Waals surface area contributed by atoms with Gasteiger partial charge in [-0.2, -0.15) is 0 Å². The third-order valence-corrected chi connectivity index (χ3v) is 4.52. The number of nitrogens with zero attached hydrogens (tertiary/aromatic N) is 2. The number of imidazole rings is 1. The number of nitrogens with two attached hydrogens (primary N) is 1. The van der Waals surface area contributed by atoms with Crippen molar-refractivity contribution < 1.29 is 9.18 Å². The Balaban J connectivity index is 1.95. The molecular weight excluding hydrogens is 307 g/mol. The van der Waals surface area contributed by atoms with Crippen molar-refractivity contribution in [2.45, 2.75) is 25.3 Å². The number of carbonyl (C=O) groups excluding carboxylic acids is 1. The van der Waals surface area contributed by atoms with Gasteiger partial charge < -0.3 is 15.6 Å². The van der Waals surface area contributed by atoms with Gasteiger partial charge in [-0.3, -0.25) is 4.79 Å². The van der Waals surface area contributed by atoms with Gasteiger partial charge in [0.15, 0.2) is 0 Å².